The van der Waals surface area contributed by atoms with Crippen molar-refractivity contribution in [3.8, 4) is 0 Å². The number of aliphatic hydroxyl groups excluding tert-OH is 1. The summed E-state index contributed by atoms with van der Waals surface area (Å²) in [5.41, 5.74) is 0. The second-order valence-electron chi connectivity index (χ2n) is 10.6. The van der Waals surface area contributed by atoms with E-state index in [2.05, 4.69) is 75.9 Å². The lowest BCUT2D eigenvalue weighted by Crippen LogP contribution is -2.43. The van der Waals surface area contributed by atoms with Gasteiger partial charge in [0.15, 0.2) is 8.32 Å². The quantitative estimate of drug-likeness (QED) is 0.131. The average Bonchev–Trinajstić information content (AvgIpc) is 3.07. The number of esters is 1. The predicted molar refractivity (Wildman–Crippen MR) is 137 cm³/mol. The maximum Gasteiger partial charge on any atom is 0.305 e. The van der Waals surface area contributed by atoms with Crippen LogP contribution in [0.4, 0.5) is 0 Å². The van der Waals surface area contributed by atoms with Gasteiger partial charge in [0.2, 0.25) is 0 Å². The summed E-state index contributed by atoms with van der Waals surface area (Å²) < 4.78 is 11.4. The number of ether oxygens (including phenoxy) is 1. The maximum atomic E-state index is 11.2. The summed E-state index contributed by atoms with van der Waals surface area (Å²) in [6.07, 6.45) is 20.2. The van der Waals surface area contributed by atoms with Crippen LogP contribution >= 0.6 is 0 Å². The van der Waals surface area contributed by atoms with Crippen molar-refractivity contribution in [2.45, 2.75) is 109 Å². The Bertz CT molecular complexity index is 630. The van der Waals surface area contributed by atoms with Crippen molar-refractivity contribution in [2.24, 2.45) is 11.8 Å². The third-order valence-corrected chi connectivity index (χ3v) is 11.4. The molecule has 5 heteroatoms. The predicted octanol–water partition coefficient (Wildman–Crippen LogP) is 6.97. The van der Waals surface area contributed by atoms with Crippen molar-refractivity contribution >= 4 is 14.3 Å². The summed E-state index contributed by atoms with van der Waals surface area (Å²) in [5.74, 6) is 0.223. The molecule has 0 bridgehead atoms. The highest BCUT2D eigenvalue weighted by Crippen LogP contribution is 2.38. The largest absolute Gasteiger partial charge is 0.469 e. The summed E-state index contributed by atoms with van der Waals surface area (Å²) in [4.78, 5) is 11.2. The minimum Gasteiger partial charge on any atom is -0.469 e. The zero-order valence-corrected chi connectivity index (χ0v) is 22.6. The third kappa shape index (κ3) is 10.2. The van der Waals surface area contributed by atoms with Crippen molar-refractivity contribution in [2.75, 3.05) is 7.11 Å². The van der Waals surface area contributed by atoms with Crippen LogP contribution in [0.2, 0.25) is 18.1 Å². The van der Waals surface area contributed by atoms with Crippen LogP contribution in [0.3, 0.4) is 0 Å². The number of carbonyl (C=O) groups excluding carboxylic acids is 1. The fourth-order valence-electron chi connectivity index (χ4n) is 3.69. The number of rotatable bonds is 14. The molecule has 4 atom stereocenters. The Morgan fingerprint density at radius 2 is 1.88 bits per heavy atom. The summed E-state index contributed by atoms with van der Waals surface area (Å²) in [5, 5.41) is 10.6. The molecule has 0 saturated heterocycles. The van der Waals surface area contributed by atoms with Gasteiger partial charge in [0.05, 0.1) is 19.3 Å². The first-order chi connectivity index (χ1) is 15.0. The molecule has 0 fully saturated rings. The average molecular weight is 465 g/mol. The highest BCUT2D eigenvalue weighted by atomic mass is 28.4. The Morgan fingerprint density at radius 3 is 2.50 bits per heavy atom. The zero-order chi connectivity index (χ0) is 24.2. The molecule has 1 rings (SSSR count). The molecular weight excluding hydrogens is 416 g/mol. The zero-order valence-electron chi connectivity index (χ0n) is 21.6. The van der Waals surface area contributed by atoms with E-state index < -0.39 is 14.4 Å². The molecule has 0 aromatic carbocycles. The van der Waals surface area contributed by atoms with Crippen LogP contribution in [0.15, 0.2) is 36.5 Å². The van der Waals surface area contributed by atoms with Crippen LogP contribution in [-0.2, 0) is 14.0 Å². The first kappa shape index (κ1) is 28.9. The third-order valence-electron chi connectivity index (χ3n) is 6.91. The van der Waals surface area contributed by atoms with Crippen LogP contribution in [0.5, 0.6) is 0 Å². The van der Waals surface area contributed by atoms with E-state index in [0.717, 1.165) is 25.7 Å². The highest BCUT2D eigenvalue weighted by Gasteiger charge is 2.38. The van der Waals surface area contributed by atoms with Gasteiger partial charge < -0.3 is 14.3 Å². The summed E-state index contributed by atoms with van der Waals surface area (Å²) in [7, 11) is -0.420. The molecule has 1 aliphatic rings. The van der Waals surface area contributed by atoms with Crippen LogP contribution in [0.25, 0.3) is 0 Å². The molecule has 32 heavy (non-hydrogen) atoms. The number of aliphatic hydroxyl groups is 1. The molecule has 184 valence electrons. The van der Waals surface area contributed by atoms with Gasteiger partial charge in [-0.05, 0) is 43.8 Å². The molecule has 0 aromatic heterocycles. The second-order valence-corrected chi connectivity index (χ2v) is 15.3. The van der Waals surface area contributed by atoms with Gasteiger partial charge in [-0.1, -0.05) is 83.4 Å². The lowest BCUT2D eigenvalue weighted by molar-refractivity contribution is -0.140. The number of methoxy groups -OCH3 is 1. The van der Waals surface area contributed by atoms with Crippen LogP contribution in [0.1, 0.15) is 79.1 Å². The van der Waals surface area contributed by atoms with Crippen LogP contribution in [0, 0.1) is 11.8 Å². The summed E-state index contributed by atoms with van der Waals surface area (Å²) in [6, 6.07) is 0. The molecule has 1 aliphatic carbocycles. The molecular formula is C27H48O4Si. The Balaban J connectivity index is 2.71. The van der Waals surface area contributed by atoms with Crippen molar-refractivity contribution in [3.63, 3.8) is 0 Å². The second kappa shape index (κ2) is 14.2. The fourth-order valence-corrected chi connectivity index (χ4v) is 5.00. The standard InChI is InChI=1S/C27H48O4Si/c1-8-9-12-15-23(31-32(6,7)27(2,3)4)20-18-22-19-21-25(28)24(22)16-13-10-11-14-17-26(29)30-5/h10,13,18-25,28H,8-9,11-12,14-17H2,1-7H3/b13-10-,20-18+/t22-,23-,24+,25-/m0/s1. The lowest BCUT2D eigenvalue weighted by atomic mass is 9.89. The Kier molecular flexibility index (Phi) is 12.8. The van der Waals surface area contributed by atoms with E-state index in [0.29, 0.717) is 6.42 Å². The van der Waals surface area contributed by atoms with E-state index >= 15 is 0 Å². The topological polar surface area (TPSA) is 55.8 Å². The van der Waals surface area contributed by atoms with Crippen molar-refractivity contribution in [1.29, 1.82) is 0 Å². The Labute approximate surface area is 198 Å². The van der Waals surface area contributed by atoms with Gasteiger partial charge in [-0.2, -0.15) is 0 Å². The molecule has 0 aromatic rings. The van der Waals surface area contributed by atoms with Crippen LogP contribution < -0.4 is 0 Å². The van der Waals surface area contributed by atoms with Gasteiger partial charge in [-0.3, -0.25) is 4.79 Å². The molecule has 0 saturated carbocycles. The molecule has 0 unspecified atom stereocenters. The van der Waals surface area contributed by atoms with E-state index in [4.69, 9.17) is 4.43 Å². The minimum atomic E-state index is -1.84. The van der Waals surface area contributed by atoms with Gasteiger partial charge in [0, 0.05) is 18.3 Å². The van der Waals surface area contributed by atoms with Crippen LogP contribution in [-0.4, -0.2) is 38.7 Å². The smallest absolute Gasteiger partial charge is 0.305 e. The number of hydrogen-bond acceptors (Lipinski definition) is 4. The molecule has 0 amide bonds. The monoisotopic (exact) mass is 464 g/mol. The molecule has 1 N–H and O–H groups in total. The molecule has 0 radical (unpaired) electrons. The van der Waals surface area contributed by atoms with Crippen molar-refractivity contribution < 1.29 is 19.1 Å². The SMILES string of the molecule is CCCCC[C@@H](/C=C/[C@H]1C=C[C@H](O)[C@@H]1C/C=C\CCCC(=O)OC)O[Si](C)(C)C(C)(C)C. The van der Waals surface area contributed by atoms with Gasteiger partial charge >= 0.3 is 5.97 Å². The number of hydrogen-bond donors (Lipinski definition) is 1. The first-order valence-corrected chi connectivity index (χ1v) is 15.4. The van der Waals surface area contributed by atoms with E-state index in [1.807, 2.05) is 6.08 Å². The number of allylic oxidation sites excluding steroid dienone is 4. The molecule has 4 nitrogen and oxygen atoms in total. The Morgan fingerprint density at radius 1 is 1.16 bits per heavy atom. The Hall–Kier alpha value is -1.17. The van der Waals surface area contributed by atoms with Crippen molar-refractivity contribution in [1.82, 2.24) is 0 Å². The minimum absolute atomic E-state index is 0.142. The normalized spacial score (nSPS) is 22.8. The lowest BCUT2D eigenvalue weighted by Gasteiger charge is -2.38. The van der Waals surface area contributed by atoms with E-state index in [1.54, 1.807) is 0 Å². The maximum absolute atomic E-state index is 11.2. The van der Waals surface area contributed by atoms with Gasteiger partial charge in [0.1, 0.15) is 0 Å². The van der Waals surface area contributed by atoms with Gasteiger partial charge in [0.25, 0.3) is 0 Å². The summed E-state index contributed by atoms with van der Waals surface area (Å²) >= 11 is 0. The van der Waals surface area contributed by atoms with Gasteiger partial charge in [-0.25, -0.2) is 0 Å². The van der Waals surface area contributed by atoms with Gasteiger partial charge in [-0.15, -0.1) is 0 Å². The van der Waals surface area contributed by atoms with Crippen molar-refractivity contribution in [3.05, 3.63) is 36.5 Å². The van der Waals surface area contributed by atoms with E-state index in [9.17, 15) is 9.90 Å². The summed E-state index contributed by atoms with van der Waals surface area (Å²) in [6.45, 7) is 13.7. The fraction of sp³-hybridized carbons (Fsp3) is 0.741. The number of carbonyl (C=O) groups is 1. The molecule has 0 spiro atoms. The number of unbranched alkanes of at least 4 members (excludes halogenated alkanes) is 3. The van der Waals surface area contributed by atoms with E-state index in [1.165, 1.54) is 26.4 Å². The molecule has 0 aliphatic heterocycles. The highest BCUT2D eigenvalue weighted by molar-refractivity contribution is 6.74. The first-order valence-electron chi connectivity index (χ1n) is 12.5. The van der Waals surface area contributed by atoms with E-state index in [-0.39, 0.29) is 28.9 Å². The molecule has 0 heterocycles.